The molecule has 1 atom stereocenters. The Kier molecular flexibility index (Phi) is 3.50. The van der Waals surface area contributed by atoms with E-state index >= 15 is 0 Å². The van der Waals surface area contributed by atoms with Crippen LogP contribution in [0.5, 0.6) is 0 Å². The summed E-state index contributed by atoms with van der Waals surface area (Å²) in [5.74, 6) is 0. The summed E-state index contributed by atoms with van der Waals surface area (Å²) in [6.45, 7) is 5.94. The van der Waals surface area contributed by atoms with Crippen LogP contribution in [0.1, 0.15) is 58.8 Å². The van der Waals surface area contributed by atoms with Crippen molar-refractivity contribution in [1.29, 1.82) is 0 Å². The monoisotopic (exact) mass is 207 g/mol. The molecule has 0 heterocycles. The average Bonchev–Trinajstić information content (AvgIpc) is 2.99. The molecule has 2 aliphatic rings. The van der Waals surface area contributed by atoms with Crippen LogP contribution in [0.15, 0.2) is 11.6 Å². The molecular weight excluding hydrogens is 182 g/mol. The van der Waals surface area contributed by atoms with Gasteiger partial charge in [-0.05, 0) is 63.8 Å². The van der Waals surface area contributed by atoms with Gasteiger partial charge in [0.25, 0.3) is 0 Å². The van der Waals surface area contributed by atoms with Gasteiger partial charge in [-0.3, -0.25) is 0 Å². The highest BCUT2D eigenvalue weighted by Crippen LogP contribution is 2.47. The van der Waals surface area contributed by atoms with Crippen LogP contribution in [0.25, 0.3) is 0 Å². The Bertz CT molecular complexity index is 238. The normalized spacial score (nSPS) is 25.9. The van der Waals surface area contributed by atoms with Gasteiger partial charge in [-0.1, -0.05) is 18.6 Å². The molecule has 1 unspecified atom stereocenters. The lowest BCUT2D eigenvalue weighted by Gasteiger charge is -2.21. The van der Waals surface area contributed by atoms with Crippen LogP contribution in [0, 0.1) is 5.41 Å². The predicted octanol–water partition coefficient (Wildman–Crippen LogP) is 3.66. The summed E-state index contributed by atoms with van der Waals surface area (Å²) in [7, 11) is 0. The van der Waals surface area contributed by atoms with E-state index in [2.05, 4.69) is 25.2 Å². The van der Waals surface area contributed by atoms with E-state index in [0.29, 0.717) is 11.5 Å². The molecule has 15 heavy (non-hydrogen) atoms. The molecule has 2 rings (SSSR count). The van der Waals surface area contributed by atoms with E-state index in [1.165, 1.54) is 51.5 Å². The molecule has 1 heteroatoms. The van der Waals surface area contributed by atoms with Crippen LogP contribution in [0.3, 0.4) is 0 Å². The zero-order valence-electron chi connectivity index (χ0n) is 10.3. The van der Waals surface area contributed by atoms with Crippen molar-refractivity contribution in [2.75, 3.05) is 6.54 Å². The van der Waals surface area contributed by atoms with E-state index in [4.69, 9.17) is 0 Å². The Labute approximate surface area is 94.3 Å². The first-order valence-electron chi connectivity index (χ1n) is 6.62. The molecule has 2 aliphatic carbocycles. The molecule has 1 saturated carbocycles. The summed E-state index contributed by atoms with van der Waals surface area (Å²) in [6.07, 6.45) is 12.1. The van der Waals surface area contributed by atoms with Gasteiger partial charge in [0.15, 0.2) is 0 Å². The molecule has 1 nitrogen and oxygen atoms in total. The van der Waals surface area contributed by atoms with Crippen molar-refractivity contribution in [2.24, 2.45) is 5.41 Å². The maximum absolute atomic E-state index is 3.69. The highest BCUT2D eigenvalue weighted by molar-refractivity contribution is 5.05. The predicted molar refractivity (Wildman–Crippen MR) is 66.0 cm³/mol. The molecule has 0 aromatic rings. The molecule has 0 aromatic carbocycles. The SMILES string of the molecule is CC(NCCC1=CCCCC1)C1(C)CC1. The van der Waals surface area contributed by atoms with Crippen LogP contribution in [-0.4, -0.2) is 12.6 Å². The number of allylic oxidation sites excluding steroid dienone is 1. The van der Waals surface area contributed by atoms with Crippen LogP contribution in [0.4, 0.5) is 0 Å². The first kappa shape index (κ1) is 11.2. The molecule has 0 amide bonds. The smallest absolute Gasteiger partial charge is 0.00926 e. The Morgan fingerprint density at radius 2 is 2.20 bits per heavy atom. The lowest BCUT2D eigenvalue weighted by atomic mass is 9.96. The van der Waals surface area contributed by atoms with Crippen molar-refractivity contribution in [2.45, 2.75) is 64.8 Å². The van der Waals surface area contributed by atoms with Crippen LogP contribution >= 0.6 is 0 Å². The van der Waals surface area contributed by atoms with Gasteiger partial charge < -0.3 is 5.32 Å². The van der Waals surface area contributed by atoms with Crippen molar-refractivity contribution < 1.29 is 0 Å². The summed E-state index contributed by atoms with van der Waals surface area (Å²) in [5, 5.41) is 3.69. The Morgan fingerprint density at radius 3 is 2.80 bits per heavy atom. The quantitative estimate of drug-likeness (QED) is 0.678. The minimum atomic E-state index is 0.626. The molecule has 0 saturated heterocycles. The van der Waals surface area contributed by atoms with E-state index in [-0.39, 0.29) is 0 Å². The molecule has 0 radical (unpaired) electrons. The molecular formula is C14H25N. The third-order valence-electron chi connectivity index (χ3n) is 4.37. The summed E-state index contributed by atoms with van der Waals surface area (Å²) < 4.78 is 0. The lowest BCUT2D eigenvalue weighted by Crippen LogP contribution is -2.34. The zero-order chi connectivity index (χ0) is 10.7. The third-order valence-corrected chi connectivity index (χ3v) is 4.37. The van der Waals surface area contributed by atoms with E-state index in [9.17, 15) is 0 Å². The van der Waals surface area contributed by atoms with Crippen LogP contribution in [0.2, 0.25) is 0 Å². The second kappa shape index (κ2) is 4.69. The summed E-state index contributed by atoms with van der Waals surface area (Å²) in [6, 6.07) is 0.710. The Hall–Kier alpha value is -0.300. The maximum Gasteiger partial charge on any atom is 0.00926 e. The maximum atomic E-state index is 3.69. The van der Waals surface area contributed by atoms with Crippen molar-refractivity contribution in [3.63, 3.8) is 0 Å². The summed E-state index contributed by atoms with van der Waals surface area (Å²) in [5.41, 5.74) is 2.32. The minimum absolute atomic E-state index is 0.626. The average molecular weight is 207 g/mol. The number of hydrogen-bond donors (Lipinski definition) is 1. The molecule has 0 bridgehead atoms. The van der Waals surface area contributed by atoms with Gasteiger partial charge in [-0.2, -0.15) is 0 Å². The Morgan fingerprint density at radius 1 is 1.40 bits per heavy atom. The van der Waals surface area contributed by atoms with Crippen molar-refractivity contribution >= 4 is 0 Å². The van der Waals surface area contributed by atoms with Crippen molar-refractivity contribution in [1.82, 2.24) is 5.32 Å². The van der Waals surface area contributed by atoms with E-state index in [1.807, 2.05) is 0 Å². The molecule has 0 aromatic heterocycles. The molecule has 0 spiro atoms. The van der Waals surface area contributed by atoms with Gasteiger partial charge >= 0.3 is 0 Å². The van der Waals surface area contributed by atoms with Gasteiger partial charge in [0, 0.05) is 6.04 Å². The number of nitrogens with one attached hydrogen (secondary N) is 1. The van der Waals surface area contributed by atoms with Gasteiger partial charge in [-0.25, -0.2) is 0 Å². The summed E-state index contributed by atoms with van der Waals surface area (Å²) in [4.78, 5) is 0. The minimum Gasteiger partial charge on any atom is -0.313 e. The zero-order valence-corrected chi connectivity index (χ0v) is 10.3. The highest BCUT2D eigenvalue weighted by atomic mass is 14.9. The molecule has 1 N–H and O–H groups in total. The first-order valence-corrected chi connectivity index (χ1v) is 6.62. The van der Waals surface area contributed by atoms with Gasteiger partial charge in [-0.15, -0.1) is 0 Å². The largest absolute Gasteiger partial charge is 0.313 e. The second-order valence-electron chi connectivity index (χ2n) is 5.69. The lowest BCUT2D eigenvalue weighted by molar-refractivity contribution is 0.382. The van der Waals surface area contributed by atoms with Crippen molar-refractivity contribution in [3.05, 3.63) is 11.6 Å². The number of rotatable bonds is 5. The highest BCUT2D eigenvalue weighted by Gasteiger charge is 2.41. The van der Waals surface area contributed by atoms with Gasteiger partial charge in [0.2, 0.25) is 0 Å². The van der Waals surface area contributed by atoms with Crippen molar-refractivity contribution in [3.8, 4) is 0 Å². The van der Waals surface area contributed by atoms with E-state index in [1.54, 1.807) is 5.57 Å². The van der Waals surface area contributed by atoms with E-state index in [0.717, 1.165) is 0 Å². The Balaban J connectivity index is 1.63. The summed E-state index contributed by atoms with van der Waals surface area (Å²) >= 11 is 0. The fourth-order valence-electron chi connectivity index (χ4n) is 2.46. The fourth-order valence-corrected chi connectivity index (χ4v) is 2.46. The van der Waals surface area contributed by atoms with Gasteiger partial charge in [0.1, 0.15) is 0 Å². The third kappa shape index (κ3) is 3.07. The van der Waals surface area contributed by atoms with E-state index < -0.39 is 0 Å². The standard InChI is InChI=1S/C14H25N/c1-12(14(2)9-10-14)15-11-8-13-6-4-3-5-7-13/h6,12,15H,3-5,7-11H2,1-2H3. The molecule has 0 aliphatic heterocycles. The van der Waals surface area contributed by atoms with Crippen LogP contribution < -0.4 is 5.32 Å². The number of hydrogen-bond acceptors (Lipinski definition) is 1. The molecule has 86 valence electrons. The van der Waals surface area contributed by atoms with Gasteiger partial charge in [0.05, 0.1) is 0 Å². The second-order valence-corrected chi connectivity index (χ2v) is 5.69. The topological polar surface area (TPSA) is 12.0 Å². The van der Waals surface area contributed by atoms with Crippen LogP contribution in [-0.2, 0) is 0 Å². The fraction of sp³-hybridized carbons (Fsp3) is 0.857. The molecule has 1 fully saturated rings. The first-order chi connectivity index (χ1) is 7.21.